The van der Waals surface area contributed by atoms with Crippen LogP contribution in [0.3, 0.4) is 0 Å². The predicted molar refractivity (Wildman–Crippen MR) is 117 cm³/mol. The minimum atomic E-state index is -0.0485. The second kappa shape index (κ2) is 8.79. The molecule has 0 bridgehead atoms. The predicted octanol–water partition coefficient (Wildman–Crippen LogP) is 3.75. The number of halogens is 1. The topological polar surface area (TPSA) is 65.6 Å². The van der Waals surface area contributed by atoms with E-state index < -0.39 is 0 Å². The van der Waals surface area contributed by atoms with Crippen molar-refractivity contribution in [3.8, 4) is 5.75 Å². The normalized spacial score (nSPS) is 14.2. The van der Waals surface area contributed by atoms with Gasteiger partial charge in [-0.3, -0.25) is 9.59 Å². The molecule has 1 aliphatic rings. The lowest BCUT2D eigenvalue weighted by atomic mass is 10.1. The molecular weight excluding hydrogens is 402 g/mol. The van der Waals surface area contributed by atoms with Gasteiger partial charge >= 0.3 is 0 Å². The Morgan fingerprint density at radius 2 is 1.70 bits per heavy atom. The Bertz CT molecular complexity index is 1050. The molecular formula is C23H24ClN3O3. The van der Waals surface area contributed by atoms with Crippen LogP contribution in [0.5, 0.6) is 5.75 Å². The van der Waals surface area contributed by atoms with Gasteiger partial charge in [0.15, 0.2) is 0 Å². The van der Waals surface area contributed by atoms with Crippen molar-refractivity contribution in [3.05, 3.63) is 64.8 Å². The number of rotatable bonds is 5. The third kappa shape index (κ3) is 4.44. The van der Waals surface area contributed by atoms with Crippen molar-refractivity contribution in [1.82, 2.24) is 14.8 Å². The van der Waals surface area contributed by atoms with E-state index in [0.717, 1.165) is 22.2 Å². The molecule has 1 aromatic heterocycles. The van der Waals surface area contributed by atoms with Crippen LogP contribution in [0.1, 0.15) is 22.5 Å². The molecule has 2 heterocycles. The molecule has 0 saturated carbocycles. The Morgan fingerprint density at radius 3 is 2.40 bits per heavy atom. The van der Waals surface area contributed by atoms with Gasteiger partial charge in [-0.1, -0.05) is 29.8 Å². The molecule has 0 spiro atoms. The Labute approximate surface area is 180 Å². The molecule has 2 amide bonds. The number of nitrogens with zero attached hydrogens (tertiary/aromatic N) is 2. The molecule has 0 radical (unpaired) electrons. The first kappa shape index (κ1) is 20.3. The lowest BCUT2D eigenvalue weighted by Gasteiger charge is -2.34. The number of aryl methyl sites for hydroxylation is 1. The summed E-state index contributed by atoms with van der Waals surface area (Å²) in [4.78, 5) is 32.2. The average molecular weight is 426 g/mol. The van der Waals surface area contributed by atoms with Crippen molar-refractivity contribution in [1.29, 1.82) is 0 Å². The maximum atomic E-state index is 12.8. The number of carbonyl (C=O) groups is 2. The van der Waals surface area contributed by atoms with Crippen molar-refractivity contribution < 1.29 is 14.3 Å². The molecule has 1 fully saturated rings. The standard InChI is InChI=1S/C23H24ClN3O3/c1-30-19-7-2-16(3-8-19)4-9-22(28)26-10-12-27(13-11-26)23(29)21-14-17-5-6-18(24)15-20(17)25-21/h2-3,5-8,14-15,25H,4,9-13H2,1H3. The molecule has 0 unspecified atom stereocenters. The first-order valence-corrected chi connectivity index (χ1v) is 10.4. The highest BCUT2D eigenvalue weighted by atomic mass is 35.5. The van der Waals surface area contributed by atoms with Crippen molar-refractivity contribution >= 4 is 34.3 Å². The van der Waals surface area contributed by atoms with Gasteiger partial charge in [0, 0.05) is 48.5 Å². The highest BCUT2D eigenvalue weighted by Gasteiger charge is 2.25. The Hall–Kier alpha value is -2.99. The molecule has 156 valence electrons. The highest BCUT2D eigenvalue weighted by Crippen LogP contribution is 2.21. The summed E-state index contributed by atoms with van der Waals surface area (Å²) >= 11 is 6.02. The Balaban J connectivity index is 1.30. The molecule has 2 aromatic carbocycles. The maximum absolute atomic E-state index is 12.8. The lowest BCUT2D eigenvalue weighted by molar-refractivity contribution is -0.132. The van der Waals surface area contributed by atoms with E-state index >= 15 is 0 Å². The zero-order valence-electron chi connectivity index (χ0n) is 16.9. The van der Waals surface area contributed by atoms with Gasteiger partial charge in [-0.05, 0) is 42.3 Å². The van der Waals surface area contributed by atoms with Crippen LogP contribution in [-0.4, -0.2) is 59.9 Å². The largest absolute Gasteiger partial charge is 0.497 e. The van der Waals surface area contributed by atoms with Crippen LogP contribution in [0.15, 0.2) is 48.5 Å². The summed E-state index contributed by atoms with van der Waals surface area (Å²) in [6.45, 7) is 2.17. The van der Waals surface area contributed by atoms with Gasteiger partial charge in [0.2, 0.25) is 5.91 Å². The van der Waals surface area contributed by atoms with Crippen molar-refractivity contribution in [3.63, 3.8) is 0 Å². The van der Waals surface area contributed by atoms with E-state index in [4.69, 9.17) is 16.3 Å². The summed E-state index contributed by atoms with van der Waals surface area (Å²) in [5.74, 6) is 0.884. The number of H-pyrrole nitrogens is 1. The Kier molecular flexibility index (Phi) is 5.95. The Morgan fingerprint density at radius 1 is 1.00 bits per heavy atom. The van der Waals surface area contributed by atoms with Crippen molar-refractivity contribution in [2.45, 2.75) is 12.8 Å². The quantitative estimate of drug-likeness (QED) is 0.677. The van der Waals surface area contributed by atoms with Crippen molar-refractivity contribution in [2.24, 2.45) is 0 Å². The number of aromatic amines is 1. The van der Waals surface area contributed by atoms with Crippen LogP contribution < -0.4 is 4.74 Å². The number of piperazine rings is 1. The molecule has 6 nitrogen and oxygen atoms in total. The van der Waals surface area contributed by atoms with Crippen molar-refractivity contribution in [2.75, 3.05) is 33.3 Å². The van der Waals surface area contributed by atoms with E-state index in [1.165, 1.54) is 0 Å². The third-order valence-corrected chi connectivity index (χ3v) is 5.76. The number of hydrogen-bond donors (Lipinski definition) is 1. The number of methoxy groups -OCH3 is 1. The smallest absolute Gasteiger partial charge is 0.270 e. The van der Waals surface area contributed by atoms with Crippen LogP contribution in [0, 0.1) is 0 Å². The lowest BCUT2D eigenvalue weighted by Crippen LogP contribution is -2.50. The van der Waals surface area contributed by atoms with E-state index in [1.807, 2.05) is 53.4 Å². The second-order valence-corrected chi connectivity index (χ2v) is 7.87. The maximum Gasteiger partial charge on any atom is 0.270 e. The fourth-order valence-corrected chi connectivity index (χ4v) is 3.92. The summed E-state index contributed by atoms with van der Waals surface area (Å²) in [7, 11) is 1.64. The van der Waals surface area contributed by atoms with Gasteiger partial charge in [0.05, 0.1) is 7.11 Å². The van der Waals surface area contributed by atoms with Gasteiger partial charge < -0.3 is 19.5 Å². The van der Waals surface area contributed by atoms with Gasteiger partial charge in [-0.15, -0.1) is 0 Å². The molecule has 1 aliphatic heterocycles. The molecule has 1 saturated heterocycles. The summed E-state index contributed by atoms with van der Waals surface area (Å²) in [6, 6.07) is 15.1. The zero-order chi connectivity index (χ0) is 21.1. The zero-order valence-corrected chi connectivity index (χ0v) is 17.6. The SMILES string of the molecule is COc1ccc(CCC(=O)N2CCN(C(=O)c3cc4ccc(Cl)cc4[nH]3)CC2)cc1. The molecule has 1 N–H and O–H groups in total. The van der Waals surface area contributed by atoms with Gasteiger partial charge in [0.1, 0.15) is 11.4 Å². The van der Waals surface area contributed by atoms with Crippen LogP contribution in [0.25, 0.3) is 10.9 Å². The van der Waals surface area contributed by atoms with E-state index in [-0.39, 0.29) is 11.8 Å². The van der Waals surface area contributed by atoms with Crippen LogP contribution in [-0.2, 0) is 11.2 Å². The minimum absolute atomic E-state index is 0.0485. The number of amides is 2. The fraction of sp³-hybridized carbons (Fsp3) is 0.304. The first-order valence-electron chi connectivity index (χ1n) is 10.0. The molecule has 30 heavy (non-hydrogen) atoms. The summed E-state index contributed by atoms with van der Waals surface area (Å²) in [6.07, 6.45) is 1.16. The summed E-state index contributed by atoms with van der Waals surface area (Å²) in [5, 5.41) is 1.58. The third-order valence-electron chi connectivity index (χ3n) is 5.52. The second-order valence-electron chi connectivity index (χ2n) is 7.44. The first-order chi connectivity index (χ1) is 14.5. The monoisotopic (exact) mass is 425 g/mol. The summed E-state index contributed by atoms with van der Waals surface area (Å²) in [5.41, 5.74) is 2.50. The molecule has 3 aromatic rings. The number of hydrogen-bond acceptors (Lipinski definition) is 3. The highest BCUT2D eigenvalue weighted by molar-refractivity contribution is 6.31. The molecule has 4 rings (SSSR count). The minimum Gasteiger partial charge on any atom is -0.497 e. The van der Waals surface area contributed by atoms with E-state index in [2.05, 4.69) is 4.98 Å². The van der Waals surface area contributed by atoms with E-state index in [1.54, 1.807) is 12.0 Å². The van der Waals surface area contributed by atoms with Crippen LogP contribution in [0.2, 0.25) is 5.02 Å². The number of fused-ring (bicyclic) bond motifs is 1. The fourth-order valence-electron chi connectivity index (χ4n) is 3.75. The van der Waals surface area contributed by atoms with Gasteiger partial charge in [-0.25, -0.2) is 0 Å². The van der Waals surface area contributed by atoms with Gasteiger partial charge in [-0.2, -0.15) is 0 Å². The number of nitrogens with one attached hydrogen (secondary N) is 1. The summed E-state index contributed by atoms with van der Waals surface area (Å²) < 4.78 is 5.16. The van der Waals surface area contributed by atoms with E-state index in [0.29, 0.717) is 49.7 Å². The number of ether oxygens (including phenoxy) is 1. The molecule has 0 atom stereocenters. The number of benzene rings is 2. The van der Waals surface area contributed by atoms with E-state index in [9.17, 15) is 9.59 Å². The van der Waals surface area contributed by atoms with Crippen LogP contribution >= 0.6 is 11.6 Å². The number of aromatic nitrogens is 1. The average Bonchev–Trinajstić information content (AvgIpc) is 3.20. The van der Waals surface area contributed by atoms with Crippen LogP contribution in [0.4, 0.5) is 0 Å². The molecule has 0 aliphatic carbocycles. The number of carbonyl (C=O) groups excluding carboxylic acids is 2. The molecule has 7 heteroatoms. The van der Waals surface area contributed by atoms with Gasteiger partial charge in [0.25, 0.3) is 5.91 Å².